The van der Waals surface area contributed by atoms with Crippen molar-refractivity contribution < 1.29 is 18.0 Å². The van der Waals surface area contributed by atoms with Crippen LogP contribution in [0.15, 0.2) is 29.2 Å². The van der Waals surface area contributed by atoms with E-state index in [1.807, 2.05) is 13.8 Å². The van der Waals surface area contributed by atoms with Crippen LogP contribution in [0.2, 0.25) is 0 Å². The molecule has 2 aliphatic rings. The molecule has 0 bridgehead atoms. The number of carbonyl (C=O) groups excluding carboxylic acids is 2. The first-order valence-electron chi connectivity index (χ1n) is 9.99. The zero-order valence-electron chi connectivity index (χ0n) is 16.6. The predicted octanol–water partition coefficient (Wildman–Crippen LogP) is 1.85. The normalized spacial score (nSPS) is 19.2. The summed E-state index contributed by atoms with van der Waals surface area (Å²) in [6, 6.07) is 6.41. The van der Waals surface area contributed by atoms with E-state index in [0.29, 0.717) is 44.6 Å². The van der Waals surface area contributed by atoms with Crippen LogP contribution in [0.3, 0.4) is 0 Å². The van der Waals surface area contributed by atoms with Crippen LogP contribution in [0.5, 0.6) is 0 Å². The molecule has 0 aromatic heterocycles. The average Bonchev–Trinajstić information content (AvgIpc) is 3.23. The van der Waals surface area contributed by atoms with E-state index in [4.69, 9.17) is 0 Å². The van der Waals surface area contributed by atoms with Crippen molar-refractivity contribution in [3.05, 3.63) is 29.8 Å². The Bertz CT molecular complexity index is 824. The molecule has 2 amide bonds. The van der Waals surface area contributed by atoms with E-state index in [1.54, 1.807) is 23.1 Å². The molecular weight excluding hydrogens is 378 g/mol. The Balaban J connectivity index is 1.66. The Kier molecular flexibility index (Phi) is 6.40. The molecule has 1 N–H and O–H groups in total. The van der Waals surface area contributed by atoms with E-state index >= 15 is 0 Å². The summed E-state index contributed by atoms with van der Waals surface area (Å²) in [6.07, 6.45) is 2.99. The monoisotopic (exact) mass is 407 g/mol. The molecule has 0 saturated carbocycles. The van der Waals surface area contributed by atoms with Crippen molar-refractivity contribution in [3.8, 4) is 0 Å². The minimum Gasteiger partial charge on any atom is -0.354 e. The third-order valence-corrected chi connectivity index (χ3v) is 7.26. The van der Waals surface area contributed by atoms with Crippen LogP contribution in [-0.2, 0) is 14.8 Å². The first-order valence-corrected chi connectivity index (χ1v) is 11.4. The fraction of sp³-hybridized carbons (Fsp3) is 0.600. The molecule has 0 atom stereocenters. The molecule has 0 radical (unpaired) electrons. The Labute approximate surface area is 167 Å². The van der Waals surface area contributed by atoms with E-state index in [-0.39, 0.29) is 28.7 Å². The topological polar surface area (TPSA) is 86.8 Å². The largest absolute Gasteiger partial charge is 0.354 e. The Morgan fingerprint density at radius 2 is 1.71 bits per heavy atom. The lowest BCUT2D eigenvalue weighted by atomic mass is 9.95. The van der Waals surface area contributed by atoms with Crippen LogP contribution < -0.4 is 5.32 Å². The van der Waals surface area contributed by atoms with Gasteiger partial charge in [0.2, 0.25) is 15.9 Å². The molecule has 154 valence electrons. The zero-order chi connectivity index (χ0) is 20.3. The summed E-state index contributed by atoms with van der Waals surface area (Å²) in [6.45, 7) is 5.93. The molecule has 8 heteroatoms. The highest BCUT2D eigenvalue weighted by Gasteiger charge is 2.30. The Morgan fingerprint density at radius 3 is 2.32 bits per heavy atom. The summed E-state index contributed by atoms with van der Waals surface area (Å²) < 4.78 is 27.0. The lowest BCUT2D eigenvalue weighted by Crippen LogP contribution is -2.44. The quantitative estimate of drug-likeness (QED) is 0.807. The second-order valence-electron chi connectivity index (χ2n) is 7.87. The van der Waals surface area contributed by atoms with Crippen LogP contribution in [0.4, 0.5) is 0 Å². The van der Waals surface area contributed by atoms with Crippen molar-refractivity contribution in [2.24, 2.45) is 5.92 Å². The van der Waals surface area contributed by atoms with Gasteiger partial charge in [0.15, 0.2) is 0 Å². The number of sulfonamides is 1. The van der Waals surface area contributed by atoms with Gasteiger partial charge in [-0.15, -0.1) is 0 Å². The molecule has 0 spiro atoms. The van der Waals surface area contributed by atoms with Gasteiger partial charge in [0.1, 0.15) is 0 Å². The van der Waals surface area contributed by atoms with Crippen molar-refractivity contribution in [3.63, 3.8) is 0 Å². The maximum Gasteiger partial charge on any atom is 0.253 e. The molecule has 2 fully saturated rings. The molecule has 0 unspecified atom stereocenters. The Morgan fingerprint density at radius 1 is 1.07 bits per heavy atom. The van der Waals surface area contributed by atoms with E-state index < -0.39 is 10.0 Å². The fourth-order valence-corrected chi connectivity index (χ4v) is 5.36. The van der Waals surface area contributed by atoms with Gasteiger partial charge < -0.3 is 10.2 Å². The van der Waals surface area contributed by atoms with Crippen molar-refractivity contribution in [2.45, 2.75) is 50.5 Å². The number of likely N-dealkylation sites (tertiary alicyclic amines) is 1. The molecule has 2 saturated heterocycles. The average molecular weight is 408 g/mol. The van der Waals surface area contributed by atoms with Gasteiger partial charge in [0, 0.05) is 43.7 Å². The highest BCUT2D eigenvalue weighted by molar-refractivity contribution is 7.89. The van der Waals surface area contributed by atoms with Gasteiger partial charge in [0.25, 0.3) is 5.91 Å². The smallest absolute Gasteiger partial charge is 0.253 e. The van der Waals surface area contributed by atoms with Crippen LogP contribution in [0, 0.1) is 5.92 Å². The molecule has 7 nitrogen and oxygen atoms in total. The molecule has 1 aromatic rings. The molecule has 28 heavy (non-hydrogen) atoms. The SMILES string of the molecule is CC(C)NC(=O)C1CCN(C(=O)c2cccc(S(=O)(=O)N3CCCC3)c2)CC1. The van der Waals surface area contributed by atoms with Crippen LogP contribution in [0.25, 0.3) is 0 Å². The van der Waals surface area contributed by atoms with Gasteiger partial charge in [0.05, 0.1) is 4.90 Å². The summed E-state index contributed by atoms with van der Waals surface area (Å²) in [5.74, 6) is -0.213. The number of hydrogen-bond acceptors (Lipinski definition) is 4. The summed E-state index contributed by atoms with van der Waals surface area (Å²) in [5, 5.41) is 2.93. The molecule has 2 aliphatic heterocycles. The second kappa shape index (κ2) is 8.61. The minimum absolute atomic E-state index is 0.0424. The highest BCUT2D eigenvalue weighted by Crippen LogP contribution is 2.24. The van der Waals surface area contributed by atoms with E-state index in [1.165, 1.54) is 10.4 Å². The number of rotatable bonds is 5. The molecule has 3 rings (SSSR count). The van der Waals surface area contributed by atoms with Crippen LogP contribution >= 0.6 is 0 Å². The second-order valence-corrected chi connectivity index (χ2v) is 9.81. The van der Waals surface area contributed by atoms with E-state index in [0.717, 1.165) is 12.8 Å². The predicted molar refractivity (Wildman–Crippen MR) is 106 cm³/mol. The first kappa shape index (κ1) is 20.8. The zero-order valence-corrected chi connectivity index (χ0v) is 17.4. The molecule has 1 aromatic carbocycles. The van der Waals surface area contributed by atoms with Crippen molar-refractivity contribution >= 4 is 21.8 Å². The van der Waals surface area contributed by atoms with Gasteiger partial charge in [-0.1, -0.05) is 6.07 Å². The third kappa shape index (κ3) is 4.55. The standard InChI is InChI=1S/C20H29N3O4S/c1-15(2)21-19(24)16-8-12-22(13-9-16)20(25)17-6-5-7-18(14-17)28(26,27)23-10-3-4-11-23/h5-7,14-16H,3-4,8-13H2,1-2H3,(H,21,24). The number of hydrogen-bond donors (Lipinski definition) is 1. The lowest BCUT2D eigenvalue weighted by molar-refractivity contribution is -0.126. The van der Waals surface area contributed by atoms with Crippen LogP contribution in [0.1, 0.15) is 49.9 Å². The lowest BCUT2D eigenvalue weighted by Gasteiger charge is -2.32. The highest BCUT2D eigenvalue weighted by atomic mass is 32.2. The fourth-order valence-electron chi connectivity index (χ4n) is 3.80. The summed E-state index contributed by atoms with van der Waals surface area (Å²) >= 11 is 0. The molecule has 0 aliphatic carbocycles. The number of piperidine rings is 1. The van der Waals surface area contributed by atoms with Gasteiger partial charge >= 0.3 is 0 Å². The van der Waals surface area contributed by atoms with Gasteiger partial charge in [-0.25, -0.2) is 8.42 Å². The summed E-state index contributed by atoms with van der Waals surface area (Å²) in [5.41, 5.74) is 0.380. The molecular formula is C20H29N3O4S. The minimum atomic E-state index is -3.55. The number of nitrogens with one attached hydrogen (secondary N) is 1. The van der Waals surface area contributed by atoms with Gasteiger partial charge in [-0.2, -0.15) is 4.31 Å². The number of amides is 2. The van der Waals surface area contributed by atoms with Crippen molar-refractivity contribution in [1.82, 2.24) is 14.5 Å². The molecule has 2 heterocycles. The summed E-state index contributed by atoms with van der Waals surface area (Å²) in [4.78, 5) is 26.9. The first-order chi connectivity index (χ1) is 13.3. The Hall–Kier alpha value is -1.93. The summed E-state index contributed by atoms with van der Waals surface area (Å²) in [7, 11) is -3.55. The number of nitrogens with zero attached hydrogens (tertiary/aromatic N) is 2. The maximum absolute atomic E-state index is 12.9. The van der Waals surface area contributed by atoms with Crippen molar-refractivity contribution in [2.75, 3.05) is 26.2 Å². The maximum atomic E-state index is 12.9. The van der Waals surface area contributed by atoms with Crippen molar-refractivity contribution in [1.29, 1.82) is 0 Å². The number of carbonyl (C=O) groups is 2. The van der Waals surface area contributed by atoms with E-state index in [2.05, 4.69) is 5.32 Å². The van der Waals surface area contributed by atoms with Gasteiger partial charge in [-0.3, -0.25) is 9.59 Å². The van der Waals surface area contributed by atoms with Gasteiger partial charge in [-0.05, 0) is 57.7 Å². The third-order valence-electron chi connectivity index (χ3n) is 5.37. The van der Waals surface area contributed by atoms with E-state index in [9.17, 15) is 18.0 Å². The number of benzene rings is 1. The van der Waals surface area contributed by atoms with Crippen LogP contribution in [-0.4, -0.2) is 61.7 Å².